The van der Waals surface area contributed by atoms with Crippen molar-refractivity contribution in [2.24, 2.45) is 0 Å². The third-order valence-electron chi connectivity index (χ3n) is 3.35. The van der Waals surface area contributed by atoms with Crippen LogP contribution in [0.4, 0.5) is 5.69 Å². The lowest BCUT2D eigenvalue weighted by molar-refractivity contribution is 0.0951. The third-order valence-corrected chi connectivity index (χ3v) is 3.35. The van der Waals surface area contributed by atoms with Crippen molar-refractivity contribution in [1.29, 1.82) is 0 Å². The second kappa shape index (κ2) is 4.53. The molecule has 1 fully saturated rings. The van der Waals surface area contributed by atoms with Gasteiger partial charge in [0.15, 0.2) is 0 Å². The fourth-order valence-corrected chi connectivity index (χ4v) is 2.27. The summed E-state index contributed by atoms with van der Waals surface area (Å²) in [6.45, 7) is 0. The zero-order valence-electron chi connectivity index (χ0n) is 11.2. The highest BCUT2D eigenvalue weighted by Gasteiger charge is 2.26. The molecule has 0 unspecified atom stereocenters. The summed E-state index contributed by atoms with van der Waals surface area (Å²) in [6.07, 6.45) is 3.85. The number of amides is 1. The van der Waals surface area contributed by atoms with Crippen molar-refractivity contribution in [2.45, 2.75) is 18.9 Å². The molecule has 4 nitrogen and oxygen atoms in total. The van der Waals surface area contributed by atoms with E-state index in [1.807, 2.05) is 43.3 Å². The van der Waals surface area contributed by atoms with Gasteiger partial charge in [0.1, 0.15) is 0 Å². The van der Waals surface area contributed by atoms with Crippen LogP contribution in [0.25, 0.3) is 10.9 Å². The zero-order valence-corrected chi connectivity index (χ0v) is 11.2. The first-order chi connectivity index (χ1) is 9.16. The van der Waals surface area contributed by atoms with E-state index in [4.69, 9.17) is 0 Å². The summed E-state index contributed by atoms with van der Waals surface area (Å²) in [5, 5.41) is 4.03. The van der Waals surface area contributed by atoms with Crippen molar-refractivity contribution in [2.75, 3.05) is 19.0 Å². The van der Waals surface area contributed by atoms with Gasteiger partial charge in [0.2, 0.25) is 0 Å². The first-order valence-electron chi connectivity index (χ1n) is 6.53. The van der Waals surface area contributed by atoms with Gasteiger partial charge in [0.05, 0.1) is 16.8 Å². The Labute approximate surface area is 112 Å². The summed E-state index contributed by atoms with van der Waals surface area (Å²) in [4.78, 5) is 18.6. The summed E-state index contributed by atoms with van der Waals surface area (Å²) in [5.41, 5.74) is 2.49. The van der Waals surface area contributed by atoms with Gasteiger partial charge in [-0.2, -0.15) is 0 Å². The maximum atomic E-state index is 12.3. The number of hydrogen-bond donors (Lipinski definition) is 1. The van der Waals surface area contributed by atoms with Gasteiger partial charge in [0.25, 0.3) is 5.91 Å². The molecule has 0 saturated heterocycles. The lowest BCUT2D eigenvalue weighted by atomic mass is 10.1. The summed E-state index contributed by atoms with van der Waals surface area (Å²) in [5.74, 6) is -0.0237. The number of nitrogens with one attached hydrogen (secondary N) is 1. The molecule has 1 heterocycles. The van der Waals surface area contributed by atoms with Crippen LogP contribution in [0.15, 0.2) is 30.5 Å². The van der Waals surface area contributed by atoms with Crippen LogP contribution in [0, 0.1) is 0 Å². The average Bonchev–Trinajstić information content (AvgIpc) is 3.21. The van der Waals surface area contributed by atoms with Crippen molar-refractivity contribution in [3.8, 4) is 0 Å². The highest BCUT2D eigenvalue weighted by Crippen LogP contribution is 2.29. The van der Waals surface area contributed by atoms with Crippen LogP contribution in [0.1, 0.15) is 23.2 Å². The topological polar surface area (TPSA) is 45.2 Å². The fourth-order valence-electron chi connectivity index (χ4n) is 2.27. The van der Waals surface area contributed by atoms with Crippen LogP contribution >= 0.6 is 0 Å². The highest BCUT2D eigenvalue weighted by molar-refractivity contribution is 6.07. The number of para-hydroxylation sites is 1. The zero-order chi connectivity index (χ0) is 13.4. The first-order valence-corrected chi connectivity index (χ1v) is 6.53. The summed E-state index contributed by atoms with van der Waals surface area (Å²) < 4.78 is 0. The number of nitrogens with zero attached hydrogens (tertiary/aromatic N) is 2. The van der Waals surface area contributed by atoms with Crippen molar-refractivity contribution in [3.05, 3.63) is 36.0 Å². The number of anilines is 1. The van der Waals surface area contributed by atoms with Crippen molar-refractivity contribution >= 4 is 22.5 Å². The normalized spacial score (nSPS) is 14.4. The molecule has 1 aromatic carbocycles. The molecule has 0 radical (unpaired) electrons. The van der Waals surface area contributed by atoms with Crippen LogP contribution in [0.2, 0.25) is 0 Å². The van der Waals surface area contributed by atoms with Gasteiger partial charge in [-0.15, -0.1) is 0 Å². The molecule has 1 saturated carbocycles. The Balaban J connectivity index is 2.12. The molecule has 1 aliphatic rings. The molecule has 1 N–H and O–H groups in total. The quantitative estimate of drug-likeness (QED) is 0.914. The lowest BCUT2D eigenvalue weighted by Crippen LogP contribution is -2.27. The van der Waals surface area contributed by atoms with E-state index >= 15 is 0 Å². The number of benzene rings is 1. The Morgan fingerprint density at radius 2 is 2.05 bits per heavy atom. The van der Waals surface area contributed by atoms with Crippen molar-refractivity contribution < 1.29 is 4.79 Å². The molecule has 19 heavy (non-hydrogen) atoms. The minimum absolute atomic E-state index is 0.0237. The van der Waals surface area contributed by atoms with Gasteiger partial charge in [-0.25, -0.2) is 0 Å². The minimum Gasteiger partial charge on any atom is -0.376 e. The predicted molar refractivity (Wildman–Crippen MR) is 76.6 cm³/mol. The minimum atomic E-state index is -0.0237. The monoisotopic (exact) mass is 255 g/mol. The van der Waals surface area contributed by atoms with E-state index in [-0.39, 0.29) is 5.91 Å². The number of fused-ring (bicyclic) bond motifs is 1. The maximum absolute atomic E-state index is 12.3. The number of carbonyl (C=O) groups excluding carboxylic acids is 1. The van der Waals surface area contributed by atoms with Gasteiger partial charge >= 0.3 is 0 Å². The van der Waals surface area contributed by atoms with Gasteiger partial charge in [-0.1, -0.05) is 18.2 Å². The van der Waals surface area contributed by atoms with Crippen molar-refractivity contribution in [1.82, 2.24) is 10.3 Å². The molecule has 0 atom stereocenters. The van der Waals surface area contributed by atoms with Crippen LogP contribution in [0.3, 0.4) is 0 Å². The number of pyridine rings is 1. The van der Waals surface area contributed by atoms with E-state index in [9.17, 15) is 4.79 Å². The maximum Gasteiger partial charge on any atom is 0.255 e. The van der Waals surface area contributed by atoms with E-state index in [0.717, 1.165) is 29.4 Å². The number of rotatable bonds is 3. The lowest BCUT2D eigenvalue weighted by Gasteiger charge is -2.19. The van der Waals surface area contributed by atoms with Crippen molar-refractivity contribution in [3.63, 3.8) is 0 Å². The van der Waals surface area contributed by atoms with E-state index < -0.39 is 0 Å². The second-order valence-corrected chi connectivity index (χ2v) is 5.18. The largest absolute Gasteiger partial charge is 0.376 e. The molecule has 3 rings (SSSR count). The third kappa shape index (κ3) is 2.26. The fraction of sp³-hybridized carbons (Fsp3) is 0.333. The SMILES string of the molecule is CN(C)c1c(C(=O)NC2CC2)cnc2ccccc12. The molecule has 98 valence electrons. The van der Waals surface area contributed by atoms with Gasteiger partial charge in [0, 0.05) is 31.7 Å². The standard InChI is InChI=1S/C15H17N3O/c1-18(2)14-11-5-3-4-6-13(11)16-9-12(14)15(19)17-10-7-8-10/h3-6,9-10H,7-8H2,1-2H3,(H,17,19). The molecular formula is C15H17N3O. The van der Waals surface area contributed by atoms with E-state index in [1.54, 1.807) is 6.20 Å². The number of aromatic nitrogens is 1. The summed E-state index contributed by atoms with van der Waals surface area (Å²) in [6, 6.07) is 8.25. The summed E-state index contributed by atoms with van der Waals surface area (Å²) in [7, 11) is 3.91. The molecule has 0 bridgehead atoms. The molecule has 0 aliphatic heterocycles. The Kier molecular flexibility index (Phi) is 2.85. The van der Waals surface area contributed by atoms with Crippen LogP contribution in [0.5, 0.6) is 0 Å². The van der Waals surface area contributed by atoms with Gasteiger partial charge in [-0.05, 0) is 18.9 Å². The highest BCUT2D eigenvalue weighted by atomic mass is 16.1. The summed E-state index contributed by atoms with van der Waals surface area (Å²) >= 11 is 0. The molecule has 0 spiro atoms. The second-order valence-electron chi connectivity index (χ2n) is 5.18. The first kappa shape index (κ1) is 12.0. The molecule has 1 aromatic heterocycles. The molecule has 1 amide bonds. The van der Waals surface area contributed by atoms with E-state index in [2.05, 4.69) is 10.3 Å². The van der Waals surface area contributed by atoms with Crippen LogP contribution in [-0.2, 0) is 0 Å². The smallest absolute Gasteiger partial charge is 0.255 e. The van der Waals surface area contributed by atoms with Crippen LogP contribution < -0.4 is 10.2 Å². The molecule has 4 heteroatoms. The molecule has 1 aliphatic carbocycles. The van der Waals surface area contributed by atoms with Gasteiger partial charge < -0.3 is 10.2 Å². The predicted octanol–water partition coefficient (Wildman–Crippen LogP) is 2.19. The molecule has 2 aromatic rings. The van der Waals surface area contributed by atoms with E-state index in [0.29, 0.717) is 11.6 Å². The number of carbonyl (C=O) groups is 1. The van der Waals surface area contributed by atoms with Gasteiger partial charge in [-0.3, -0.25) is 9.78 Å². The Morgan fingerprint density at radius 3 is 2.74 bits per heavy atom. The Bertz CT molecular complexity index is 632. The van der Waals surface area contributed by atoms with E-state index in [1.165, 1.54) is 0 Å². The average molecular weight is 255 g/mol. The Hall–Kier alpha value is -2.10. The Morgan fingerprint density at radius 1 is 1.32 bits per heavy atom. The molecular weight excluding hydrogens is 238 g/mol. The number of hydrogen-bond acceptors (Lipinski definition) is 3. The van der Waals surface area contributed by atoms with Crippen LogP contribution in [-0.4, -0.2) is 31.0 Å².